The molecule has 0 radical (unpaired) electrons. The van der Waals surface area contributed by atoms with E-state index in [0.717, 1.165) is 9.35 Å². The third kappa shape index (κ3) is 1.51. The van der Waals surface area contributed by atoms with Crippen LogP contribution in [0.1, 0.15) is 10.3 Å². The highest BCUT2D eigenvalue weighted by molar-refractivity contribution is 9.10. The second kappa shape index (κ2) is 3.38. The molecule has 1 rings (SSSR count). The monoisotopic (exact) mass is 235 g/mol. The Balaban J connectivity index is 2.96. The zero-order chi connectivity index (χ0) is 7.56. The molecule has 10 heavy (non-hydrogen) atoms. The maximum Gasteiger partial charge on any atom is 0.155 e. The van der Waals surface area contributed by atoms with Crippen LogP contribution in [0, 0.1) is 11.3 Å². The van der Waals surface area contributed by atoms with Crippen LogP contribution in [0.25, 0.3) is 0 Å². The van der Waals surface area contributed by atoms with Gasteiger partial charge in [0.15, 0.2) is 5.38 Å². The summed E-state index contributed by atoms with van der Waals surface area (Å²) in [5.74, 6) is 0. The molecule has 0 fully saturated rings. The lowest BCUT2D eigenvalue weighted by atomic mass is 10.4. The summed E-state index contributed by atoms with van der Waals surface area (Å²) in [6.07, 6.45) is 0. The largest absolute Gasteiger partial charge is 0.196 e. The number of nitrogens with zero attached hydrogens (tertiary/aromatic N) is 1. The van der Waals surface area contributed by atoms with Gasteiger partial charge in [-0.05, 0) is 27.4 Å². The number of nitriles is 1. The molecule has 4 heteroatoms. The molecule has 1 unspecified atom stereocenters. The van der Waals surface area contributed by atoms with E-state index >= 15 is 0 Å². The number of halogens is 2. The van der Waals surface area contributed by atoms with Gasteiger partial charge in [0, 0.05) is 4.47 Å². The fourth-order valence-corrected chi connectivity index (χ4v) is 2.47. The molecule has 1 nitrogen and oxygen atoms in total. The summed E-state index contributed by atoms with van der Waals surface area (Å²) in [5.41, 5.74) is 0. The van der Waals surface area contributed by atoms with Crippen LogP contribution in [-0.4, -0.2) is 0 Å². The Labute approximate surface area is 76.4 Å². The molecule has 0 aliphatic heterocycles. The van der Waals surface area contributed by atoms with Gasteiger partial charge in [0.25, 0.3) is 0 Å². The van der Waals surface area contributed by atoms with Crippen LogP contribution >= 0.6 is 38.9 Å². The van der Waals surface area contributed by atoms with Crippen LogP contribution in [0.15, 0.2) is 15.9 Å². The van der Waals surface area contributed by atoms with Gasteiger partial charge in [-0.3, -0.25) is 0 Å². The molecule has 0 spiro atoms. The minimum atomic E-state index is -0.519. The predicted octanol–water partition coefficient (Wildman–Crippen LogP) is 3.31. The van der Waals surface area contributed by atoms with Gasteiger partial charge in [-0.1, -0.05) is 0 Å². The summed E-state index contributed by atoms with van der Waals surface area (Å²) in [6, 6.07) is 3.84. The minimum absolute atomic E-state index is 0.519. The SMILES string of the molecule is N#CC(Cl)c1sccc1Br. The van der Waals surface area contributed by atoms with Crippen LogP contribution < -0.4 is 0 Å². The first kappa shape index (κ1) is 8.06. The van der Waals surface area contributed by atoms with Crippen molar-refractivity contribution in [2.75, 3.05) is 0 Å². The summed E-state index contributed by atoms with van der Waals surface area (Å²) in [6.45, 7) is 0. The molecule has 0 N–H and O–H groups in total. The van der Waals surface area contributed by atoms with Gasteiger partial charge in [-0.25, -0.2) is 0 Å². The average Bonchev–Trinajstić information content (AvgIpc) is 2.34. The number of alkyl halides is 1. The van der Waals surface area contributed by atoms with E-state index in [0.29, 0.717) is 0 Å². The highest BCUT2D eigenvalue weighted by Crippen LogP contribution is 2.32. The van der Waals surface area contributed by atoms with Gasteiger partial charge in [-0.15, -0.1) is 22.9 Å². The second-order valence-electron chi connectivity index (χ2n) is 1.62. The Bertz CT molecular complexity index is 265. The van der Waals surface area contributed by atoms with Gasteiger partial charge >= 0.3 is 0 Å². The smallest absolute Gasteiger partial charge is 0.155 e. The van der Waals surface area contributed by atoms with Crippen LogP contribution in [-0.2, 0) is 0 Å². The van der Waals surface area contributed by atoms with Crippen molar-refractivity contribution in [3.05, 3.63) is 20.8 Å². The summed E-state index contributed by atoms with van der Waals surface area (Å²) in [5, 5.41) is 9.81. The van der Waals surface area contributed by atoms with E-state index in [2.05, 4.69) is 15.9 Å². The van der Waals surface area contributed by atoms with Crippen molar-refractivity contribution in [2.24, 2.45) is 0 Å². The quantitative estimate of drug-likeness (QED) is 0.686. The molecule has 0 saturated heterocycles. The van der Waals surface area contributed by atoms with Crippen molar-refractivity contribution < 1.29 is 0 Å². The molecule has 1 aromatic rings. The van der Waals surface area contributed by atoms with E-state index in [1.54, 1.807) is 0 Å². The first-order valence-corrected chi connectivity index (χ1v) is 4.63. The van der Waals surface area contributed by atoms with Crippen molar-refractivity contribution in [3.8, 4) is 6.07 Å². The Hall–Kier alpha value is -0.0400. The summed E-state index contributed by atoms with van der Waals surface area (Å²) >= 11 is 10.4. The van der Waals surface area contributed by atoms with Gasteiger partial charge < -0.3 is 0 Å². The summed E-state index contributed by atoms with van der Waals surface area (Å²) < 4.78 is 0.916. The van der Waals surface area contributed by atoms with Crippen LogP contribution in [0.2, 0.25) is 0 Å². The summed E-state index contributed by atoms with van der Waals surface area (Å²) in [7, 11) is 0. The Kier molecular flexibility index (Phi) is 2.72. The maximum atomic E-state index is 8.43. The molecule has 0 amide bonds. The van der Waals surface area contributed by atoms with E-state index < -0.39 is 5.38 Å². The molecule has 52 valence electrons. The van der Waals surface area contributed by atoms with Crippen molar-refractivity contribution in [3.63, 3.8) is 0 Å². The second-order valence-corrected chi connectivity index (χ2v) is 3.86. The highest BCUT2D eigenvalue weighted by Gasteiger charge is 2.10. The summed E-state index contributed by atoms with van der Waals surface area (Å²) in [4.78, 5) is 0.879. The third-order valence-electron chi connectivity index (χ3n) is 0.988. The van der Waals surface area contributed by atoms with E-state index in [-0.39, 0.29) is 0 Å². The van der Waals surface area contributed by atoms with Crippen molar-refractivity contribution in [1.29, 1.82) is 5.26 Å². The number of rotatable bonds is 1. The van der Waals surface area contributed by atoms with Gasteiger partial charge in [0.2, 0.25) is 0 Å². The molecular formula is C6H3BrClNS. The highest BCUT2D eigenvalue weighted by atomic mass is 79.9. The van der Waals surface area contributed by atoms with Crippen molar-refractivity contribution in [2.45, 2.75) is 5.38 Å². The van der Waals surface area contributed by atoms with Gasteiger partial charge in [0.05, 0.1) is 10.9 Å². The standard InChI is InChI=1S/C6H3BrClNS/c7-4-1-2-10-6(4)5(8)3-9/h1-2,5H. The number of hydrogen-bond acceptors (Lipinski definition) is 2. The van der Waals surface area contributed by atoms with Crippen LogP contribution in [0.4, 0.5) is 0 Å². The first-order valence-electron chi connectivity index (χ1n) is 2.52. The lowest BCUT2D eigenvalue weighted by Crippen LogP contribution is -1.79. The van der Waals surface area contributed by atoms with E-state index in [4.69, 9.17) is 16.9 Å². The van der Waals surface area contributed by atoms with Crippen molar-refractivity contribution in [1.82, 2.24) is 0 Å². The fraction of sp³-hybridized carbons (Fsp3) is 0.167. The number of thiophene rings is 1. The van der Waals surface area contributed by atoms with Crippen LogP contribution in [0.3, 0.4) is 0 Å². The normalized spacial score (nSPS) is 12.5. The lowest BCUT2D eigenvalue weighted by molar-refractivity contribution is 1.25. The molecule has 0 saturated carbocycles. The fourth-order valence-electron chi connectivity index (χ4n) is 0.545. The topological polar surface area (TPSA) is 23.8 Å². The molecule has 0 aliphatic carbocycles. The molecular weight excluding hydrogens is 233 g/mol. The predicted molar refractivity (Wildman–Crippen MR) is 46.2 cm³/mol. The molecule has 1 atom stereocenters. The van der Waals surface area contributed by atoms with Gasteiger partial charge in [-0.2, -0.15) is 5.26 Å². The molecule has 0 aromatic carbocycles. The maximum absolute atomic E-state index is 8.43. The Morgan fingerprint density at radius 1 is 1.80 bits per heavy atom. The zero-order valence-electron chi connectivity index (χ0n) is 4.84. The number of hydrogen-bond donors (Lipinski definition) is 0. The Morgan fingerprint density at radius 2 is 2.50 bits per heavy atom. The Morgan fingerprint density at radius 3 is 2.90 bits per heavy atom. The first-order chi connectivity index (χ1) is 4.75. The molecule has 1 aromatic heterocycles. The third-order valence-corrected chi connectivity index (χ3v) is 3.37. The molecule has 0 aliphatic rings. The van der Waals surface area contributed by atoms with E-state index in [9.17, 15) is 0 Å². The molecule has 0 bridgehead atoms. The van der Waals surface area contributed by atoms with Crippen molar-refractivity contribution >= 4 is 38.9 Å². The van der Waals surface area contributed by atoms with Gasteiger partial charge in [0.1, 0.15) is 0 Å². The zero-order valence-corrected chi connectivity index (χ0v) is 8.00. The lowest BCUT2D eigenvalue weighted by Gasteiger charge is -1.94. The van der Waals surface area contributed by atoms with Crippen LogP contribution in [0.5, 0.6) is 0 Å². The molecule has 1 heterocycles. The average molecular weight is 237 g/mol. The van der Waals surface area contributed by atoms with E-state index in [1.165, 1.54) is 11.3 Å². The van der Waals surface area contributed by atoms with E-state index in [1.807, 2.05) is 17.5 Å². The minimum Gasteiger partial charge on any atom is -0.196 e.